The summed E-state index contributed by atoms with van der Waals surface area (Å²) in [4.78, 5) is 12.2. The lowest BCUT2D eigenvalue weighted by atomic mass is 10.2. The fourth-order valence-corrected chi connectivity index (χ4v) is 0.816. The van der Waals surface area contributed by atoms with Gasteiger partial charge in [-0.05, 0) is 12.8 Å². The zero-order valence-corrected chi connectivity index (χ0v) is 6.92. The maximum atomic E-state index is 10.6. The monoisotopic (exact) mass is 144 g/mol. The third kappa shape index (κ3) is 3.33. The lowest BCUT2D eigenvalue weighted by Gasteiger charge is -2.19. The van der Waals surface area contributed by atoms with Crippen LogP contribution in [0, 0.1) is 5.92 Å². The van der Waals surface area contributed by atoms with Gasteiger partial charge in [-0.1, -0.05) is 13.8 Å². The second kappa shape index (κ2) is 4.14. The predicted molar refractivity (Wildman–Crippen MR) is 41.7 cm³/mol. The van der Waals surface area contributed by atoms with Crippen LogP contribution in [0.5, 0.6) is 0 Å². The highest BCUT2D eigenvalue weighted by atomic mass is 16.2. The lowest BCUT2D eigenvalue weighted by Crippen LogP contribution is -2.37. The standard InChI is InChI=1S/C7H16N2O/c1-4-9(7(8)10)5-6(2)3/h6H,4-5H2,1-3H3,(H2,8,10). The van der Waals surface area contributed by atoms with Gasteiger partial charge in [0.05, 0.1) is 0 Å². The summed E-state index contributed by atoms with van der Waals surface area (Å²) in [5.74, 6) is 0.493. The molecular weight excluding hydrogens is 128 g/mol. The van der Waals surface area contributed by atoms with Crippen molar-refractivity contribution in [2.75, 3.05) is 13.1 Å². The molecule has 3 heteroatoms. The predicted octanol–water partition coefficient (Wildman–Crippen LogP) is 1.04. The Kier molecular flexibility index (Phi) is 3.84. The molecule has 0 aromatic rings. The molecule has 0 fully saturated rings. The number of nitrogens with two attached hydrogens (primary N) is 1. The SMILES string of the molecule is CCN(CC(C)C)C(N)=O. The molecule has 2 N–H and O–H groups in total. The number of nitrogens with zero attached hydrogens (tertiary/aromatic N) is 1. The van der Waals surface area contributed by atoms with Crippen LogP contribution in [0.3, 0.4) is 0 Å². The first-order valence-electron chi connectivity index (χ1n) is 3.62. The Hall–Kier alpha value is -0.730. The van der Waals surface area contributed by atoms with Crippen molar-refractivity contribution in [1.29, 1.82) is 0 Å². The van der Waals surface area contributed by atoms with Crippen LogP contribution in [0.4, 0.5) is 4.79 Å². The summed E-state index contributed by atoms with van der Waals surface area (Å²) in [5.41, 5.74) is 5.08. The first-order valence-corrected chi connectivity index (χ1v) is 3.62. The minimum atomic E-state index is -0.323. The molecule has 3 nitrogen and oxygen atoms in total. The molecule has 0 heterocycles. The van der Waals surface area contributed by atoms with Gasteiger partial charge in [-0.25, -0.2) is 4.79 Å². The van der Waals surface area contributed by atoms with E-state index in [2.05, 4.69) is 13.8 Å². The number of primary amides is 1. The van der Waals surface area contributed by atoms with Crippen molar-refractivity contribution >= 4 is 6.03 Å². The van der Waals surface area contributed by atoms with Crippen molar-refractivity contribution in [2.45, 2.75) is 20.8 Å². The van der Waals surface area contributed by atoms with Gasteiger partial charge in [0.15, 0.2) is 0 Å². The first kappa shape index (κ1) is 9.27. The quantitative estimate of drug-likeness (QED) is 0.632. The Labute approximate surface area is 62.2 Å². The molecule has 60 valence electrons. The largest absolute Gasteiger partial charge is 0.351 e. The molecule has 0 saturated heterocycles. The normalized spacial score (nSPS) is 10.0. The summed E-state index contributed by atoms with van der Waals surface area (Å²) in [6.07, 6.45) is 0. The molecule has 0 aliphatic heterocycles. The summed E-state index contributed by atoms with van der Waals surface area (Å²) >= 11 is 0. The Balaban J connectivity index is 3.72. The van der Waals surface area contributed by atoms with E-state index in [9.17, 15) is 4.79 Å². The summed E-state index contributed by atoms with van der Waals surface area (Å²) in [7, 11) is 0. The van der Waals surface area contributed by atoms with E-state index in [0.717, 1.165) is 6.54 Å². The fraction of sp³-hybridized carbons (Fsp3) is 0.857. The highest BCUT2D eigenvalue weighted by Gasteiger charge is 2.07. The fourth-order valence-electron chi connectivity index (χ4n) is 0.816. The smallest absolute Gasteiger partial charge is 0.314 e. The first-order chi connectivity index (χ1) is 4.57. The van der Waals surface area contributed by atoms with Crippen molar-refractivity contribution in [3.05, 3.63) is 0 Å². The Bertz CT molecular complexity index is 112. The zero-order valence-electron chi connectivity index (χ0n) is 6.92. The molecule has 0 unspecified atom stereocenters. The molecule has 0 aromatic heterocycles. The average molecular weight is 144 g/mol. The maximum absolute atomic E-state index is 10.6. The van der Waals surface area contributed by atoms with Crippen molar-refractivity contribution in [3.63, 3.8) is 0 Å². The molecule has 0 radical (unpaired) electrons. The molecule has 2 amide bonds. The molecule has 0 bridgehead atoms. The number of hydrogen-bond acceptors (Lipinski definition) is 1. The van der Waals surface area contributed by atoms with E-state index in [1.807, 2.05) is 6.92 Å². The van der Waals surface area contributed by atoms with Gasteiger partial charge >= 0.3 is 6.03 Å². The zero-order chi connectivity index (χ0) is 8.15. The molecule has 0 aliphatic rings. The molecule has 0 atom stereocenters. The molecule has 0 aliphatic carbocycles. The van der Waals surface area contributed by atoms with Gasteiger partial charge in [0, 0.05) is 13.1 Å². The van der Waals surface area contributed by atoms with Crippen LogP contribution in [0.1, 0.15) is 20.8 Å². The highest BCUT2D eigenvalue weighted by Crippen LogP contribution is 1.96. The van der Waals surface area contributed by atoms with E-state index in [1.165, 1.54) is 0 Å². The van der Waals surface area contributed by atoms with Crippen LogP contribution in [-0.2, 0) is 0 Å². The number of rotatable bonds is 3. The second-order valence-corrected chi connectivity index (χ2v) is 2.77. The highest BCUT2D eigenvalue weighted by molar-refractivity contribution is 5.71. The van der Waals surface area contributed by atoms with Crippen molar-refractivity contribution < 1.29 is 4.79 Å². The topological polar surface area (TPSA) is 46.3 Å². The minimum Gasteiger partial charge on any atom is -0.351 e. The summed E-state index contributed by atoms with van der Waals surface area (Å²) in [6, 6.07) is -0.323. The van der Waals surface area contributed by atoms with Gasteiger partial charge in [0.25, 0.3) is 0 Å². The van der Waals surface area contributed by atoms with Gasteiger partial charge in [-0.2, -0.15) is 0 Å². The van der Waals surface area contributed by atoms with Crippen LogP contribution in [-0.4, -0.2) is 24.0 Å². The van der Waals surface area contributed by atoms with Gasteiger partial charge < -0.3 is 10.6 Å². The van der Waals surface area contributed by atoms with E-state index < -0.39 is 0 Å². The van der Waals surface area contributed by atoms with E-state index in [1.54, 1.807) is 4.90 Å². The van der Waals surface area contributed by atoms with E-state index >= 15 is 0 Å². The van der Waals surface area contributed by atoms with Crippen molar-refractivity contribution in [2.24, 2.45) is 11.7 Å². The van der Waals surface area contributed by atoms with E-state index in [-0.39, 0.29) is 6.03 Å². The van der Waals surface area contributed by atoms with Gasteiger partial charge in [0.2, 0.25) is 0 Å². The molecule has 0 aromatic carbocycles. The number of urea groups is 1. The van der Waals surface area contributed by atoms with Crippen molar-refractivity contribution in [1.82, 2.24) is 4.90 Å². The van der Waals surface area contributed by atoms with Crippen LogP contribution in [0.15, 0.2) is 0 Å². The van der Waals surface area contributed by atoms with E-state index in [4.69, 9.17) is 5.73 Å². The molecule has 10 heavy (non-hydrogen) atoms. The minimum absolute atomic E-state index is 0.323. The van der Waals surface area contributed by atoms with Crippen LogP contribution in [0.25, 0.3) is 0 Å². The van der Waals surface area contributed by atoms with Gasteiger partial charge in [-0.15, -0.1) is 0 Å². The van der Waals surface area contributed by atoms with E-state index in [0.29, 0.717) is 12.5 Å². The molecule has 0 spiro atoms. The van der Waals surface area contributed by atoms with Crippen LogP contribution >= 0.6 is 0 Å². The lowest BCUT2D eigenvalue weighted by molar-refractivity contribution is 0.203. The number of hydrogen-bond donors (Lipinski definition) is 1. The van der Waals surface area contributed by atoms with Crippen molar-refractivity contribution in [3.8, 4) is 0 Å². The summed E-state index contributed by atoms with van der Waals surface area (Å²) < 4.78 is 0. The average Bonchev–Trinajstić information content (AvgIpc) is 1.81. The summed E-state index contributed by atoms with van der Waals surface area (Å²) in [6.45, 7) is 7.50. The Morgan fingerprint density at radius 1 is 1.60 bits per heavy atom. The number of amides is 2. The van der Waals surface area contributed by atoms with Crippen LogP contribution in [0.2, 0.25) is 0 Å². The third-order valence-corrected chi connectivity index (χ3v) is 1.28. The third-order valence-electron chi connectivity index (χ3n) is 1.28. The molecule has 0 rings (SSSR count). The van der Waals surface area contributed by atoms with Crippen LogP contribution < -0.4 is 5.73 Å². The molecular formula is C7H16N2O. The Morgan fingerprint density at radius 3 is 2.20 bits per heavy atom. The molecule has 0 saturated carbocycles. The number of carbonyl (C=O) groups is 1. The Morgan fingerprint density at radius 2 is 2.10 bits per heavy atom. The van der Waals surface area contributed by atoms with Gasteiger partial charge in [-0.3, -0.25) is 0 Å². The summed E-state index contributed by atoms with van der Waals surface area (Å²) in [5, 5.41) is 0. The van der Waals surface area contributed by atoms with Gasteiger partial charge in [0.1, 0.15) is 0 Å². The number of carbonyl (C=O) groups excluding carboxylic acids is 1. The second-order valence-electron chi connectivity index (χ2n) is 2.77. The maximum Gasteiger partial charge on any atom is 0.314 e.